The lowest BCUT2D eigenvalue weighted by Gasteiger charge is -2.21. The van der Waals surface area contributed by atoms with E-state index in [0.29, 0.717) is 0 Å². The fourth-order valence-corrected chi connectivity index (χ4v) is 4.38. The Morgan fingerprint density at radius 3 is 1.04 bits per heavy atom. The monoisotopic (exact) mass is 390 g/mol. The molecule has 0 aliphatic rings. The summed E-state index contributed by atoms with van der Waals surface area (Å²) >= 11 is 0. The minimum atomic E-state index is -2.38. The van der Waals surface area contributed by atoms with Gasteiger partial charge in [-0.3, -0.25) is 4.57 Å². The maximum Gasteiger partial charge on any atom is 0.319 e. The van der Waals surface area contributed by atoms with Crippen LogP contribution >= 0.6 is 8.25 Å². The molecule has 0 saturated carbocycles. The van der Waals surface area contributed by atoms with Crippen molar-refractivity contribution in [2.24, 2.45) is 0 Å². The van der Waals surface area contributed by atoms with Gasteiger partial charge in [0.05, 0.1) is 12.2 Å². The van der Waals surface area contributed by atoms with Crippen molar-refractivity contribution in [1.82, 2.24) is 0 Å². The summed E-state index contributed by atoms with van der Waals surface area (Å²) < 4.78 is 24.4. The van der Waals surface area contributed by atoms with Crippen LogP contribution in [-0.4, -0.2) is 12.2 Å². The molecule has 0 aromatic rings. The van der Waals surface area contributed by atoms with E-state index in [2.05, 4.69) is 27.7 Å². The smallest absolute Gasteiger partial charge is 0.307 e. The Bertz CT molecular complexity index is 262. The van der Waals surface area contributed by atoms with Crippen LogP contribution in [0.2, 0.25) is 0 Å². The molecule has 0 amide bonds. The first-order chi connectivity index (χ1) is 12.7. The Kier molecular flexibility index (Phi) is 20.0. The maximum atomic E-state index is 12.5. The first-order valence-electron chi connectivity index (χ1n) is 11.5. The van der Waals surface area contributed by atoms with Gasteiger partial charge in [-0.05, 0) is 25.7 Å². The minimum absolute atomic E-state index is 0.117. The van der Waals surface area contributed by atoms with Gasteiger partial charge in [-0.25, -0.2) is 0 Å². The van der Waals surface area contributed by atoms with Gasteiger partial charge in [0.25, 0.3) is 0 Å². The van der Waals surface area contributed by atoms with Crippen molar-refractivity contribution in [3.8, 4) is 0 Å². The summed E-state index contributed by atoms with van der Waals surface area (Å²) in [5.41, 5.74) is 0. The van der Waals surface area contributed by atoms with Crippen molar-refractivity contribution >= 4 is 8.25 Å². The van der Waals surface area contributed by atoms with Crippen molar-refractivity contribution < 1.29 is 13.6 Å². The zero-order valence-electron chi connectivity index (χ0n) is 18.2. The van der Waals surface area contributed by atoms with Crippen LogP contribution < -0.4 is 0 Å². The molecule has 0 fully saturated rings. The van der Waals surface area contributed by atoms with E-state index >= 15 is 0 Å². The molecule has 0 aromatic carbocycles. The molecule has 0 atom stereocenters. The van der Waals surface area contributed by atoms with Crippen LogP contribution in [-0.2, 0) is 13.6 Å². The number of unbranched alkanes of at least 4 members (excludes halogenated alkanes) is 8. The molecule has 0 N–H and O–H groups in total. The molecule has 0 aromatic heterocycles. The van der Waals surface area contributed by atoms with E-state index in [1.165, 1.54) is 77.0 Å². The summed E-state index contributed by atoms with van der Waals surface area (Å²) in [6, 6.07) is 0. The predicted molar refractivity (Wildman–Crippen MR) is 115 cm³/mol. The normalized spacial score (nSPS) is 12.0. The van der Waals surface area contributed by atoms with Crippen LogP contribution in [0.5, 0.6) is 0 Å². The number of rotatable bonds is 20. The standard InChI is InChI=1S/C22H47O3P/c1-5-9-13-17-21(18-14-10-6-2)24-26(23)25-22(19-15-11-7-3)20-16-12-8-4/h21-22,26H,5-20H2,1-4H3. The van der Waals surface area contributed by atoms with Crippen LogP contribution in [0, 0.1) is 0 Å². The van der Waals surface area contributed by atoms with Crippen molar-refractivity contribution in [3.63, 3.8) is 0 Å². The van der Waals surface area contributed by atoms with Gasteiger partial charge in [-0.1, -0.05) is 105 Å². The molecule has 26 heavy (non-hydrogen) atoms. The van der Waals surface area contributed by atoms with E-state index in [1.54, 1.807) is 0 Å². The average molecular weight is 391 g/mol. The van der Waals surface area contributed by atoms with Gasteiger partial charge in [0.15, 0.2) is 0 Å². The summed E-state index contributed by atoms with van der Waals surface area (Å²) in [6.45, 7) is 8.87. The second-order valence-corrected chi connectivity index (χ2v) is 8.68. The molecule has 0 heterocycles. The third-order valence-corrected chi connectivity index (χ3v) is 6.10. The van der Waals surface area contributed by atoms with E-state index in [0.717, 1.165) is 25.7 Å². The highest BCUT2D eigenvalue weighted by molar-refractivity contribution is 7.33. The molecule has 4 heteroatoms. The Labute approximate surface area is 165 Å². The summed E-state index contributed by atoms with van der Waals surface area (Å²) in [6.07, 6.45) is 18.7. The molecule has 0 rings (SSSR count). The fraction of sp³-hybridized carbons (Fsp3) is 1.00. The number of hydrogen-bond donors (Lipinski definition) is 0. The first-order valence-corrected chi connectivity index (χ1v) is 12.8. The van der Waals surface area contributed by atoms with Gasteiger partial charge in [-0.15, -0.1) is 0 Å². The van der Waals surface area contributed by atoms with Crippen LogP contribution in [0.3, 0.4) is 0 Å². The highest BCUT2D eigenvalue weighted by atomic mass is 31.1. The minimum Gasteiger partial charge on any atom is -0.307 e. The van der Waals surface area contributed by atoms with Gasteiger partial charge in [-0.2, -0.15) is 0 Å². The van der Waals surface area contributed by atoms with E-state index < -0.39 is 8.25 Å². The molecule has 0 spiro atoms. The summed E-state index contributed by atoms with van der Waals surface area (Å²) in [5, 5.41) is 0. The SMILES string of the molecule is CCCCCC(CCCCC)O[PH](=O)OC(CCCCC)CCCCC. The van der Waals surface area contributed by atoms with Gasteiger partial charge < -0.3 is 9.05 Å². The fourth-order valence-electron chi connectivity index (χ4n) is 3.31. The third kappa shape index (κ3) is 16.3. The largest absolute Gasteiger partial charge is 0.319 e. The maximum absolute atomic E-state index is 12.5. The molecule has 3 nitrogen and oxygen atoms in total. The molecule has 0 aliphatic heterocycles. The van der Waals surface area contributed by atoms with Gasteiger partial charge in [0.1, 0.15) is 0 Å². The molecule has 0 radical (unpaired) electrons. The van der Waals surface area contributed by atoms with E-state index in [9.17, 15) is 4.57 Å². The first kappa shape index (κ1) is 26.1. The highest BCUT2D eigenvalue weighted by Crippen LogP contribution is 2.34. The van der Waals surface area contributed by atoms with Crippen molar-refractivity contribution in [2.45, 2.75) is 143 Å². The quantitative estimate of drug-likeness (QED) is 0.154. The predicted octanol–water partition coefficient (Wildman–Crippen LogP) is 8.47. The number of hydrogen-bond acceptors (Lipinski definition) is 3. The van der Waals surface area contributed by atoms with Crippen molar-refractivity contribution in [3.05, 3.63) is 0 Å². The molecule has 0 saturated heterocycles. The van der Waals surface area contributed by atoms with E-state index in [4.69, 9.17) is 9.05 Å². The van der Waals surface area contributed by atoms with E-state index in [1.807, 2.05) is 0 Å². The molecular formula is C22H47O3P. The topological polar surface area (TPSA) is 35.5 Å². The zero-order valence-corrected chi connectivity index (χ0v) is 19.2. The van der Waals surface area contributed by atoms with E-state index in [-0.39, 0.29) is 12.2 Å². The molecule has 158 valence electrons. The van der Waals surface area contributed by atoms with Crippen molar-refractivity contribution in [1.29, 1.82) is 0 Å². The van der Waals surface area contributed by atoms with Gasteiger partial charge in [0.2, 0.25) is 0 Å². The summed E-state index contributed by atoms with van der Waals surface area (Å²) in [7, 11) is -2.38. The Hall–Kier alpha value is 0.150. The van der Waals surface area contributed by atoms with Crippen LogP contribution in [0.1, 0.15) is 130 Å². The highest BCUT2D eigenvalue weighted by Gasteiger charge is 2.17. The average Bonchev–Trinajstić information content (AvgIpc) is 2.62. The van der Waals surface area contributed by atoms with Crippen molar-refractivity contribution in [2.75, 3.05) is 0 Å². The summed E-state index contributed by atoms with van der Waals surface area (Å²) in [4.78, 5) is 0. The van der Waals surface area contributed by atoms with Crippen LogP contribution in [0.4, 0.5) is 0 Å². The lowest BCUT2D eigenvalue weighted by molar-refractivity contribution is 0.107. The van der Waals surface area contributed by atoms with Gasteiger partial charge in [0, 0.05) is 0 Å². The molecular weight excluding hydrogens is 343 g/mol. The van der Waals surface area contributed by atoms with Crippen LogP contribution in [0.25, 0.3) is 0 Å². The molecule has 0 aliphatic carbocycles. The van der Waals surface area contributed by atoms with Crippen LogP contribution in [0.15, 0.2) is 0 Å². The zero-order chi connectivity index (χ0) is 19.5. The lowest BCUT2D eigenvalue weighted by atomic mass is 10.0. The van der Waals surface area contributed by atoms with Gasteiger partial charge >= 0.3 is 8.25 Å². The molecule has 0 unspecified atom stereocenters. The second kappa shape index (κ2) is 19.9. The Morgan fingerprint density at radius 2 is 0.808 bits per heavy atom. The second-order valence-electron chi connectivity index (χ2n) is 7.71. The summed E-state index contributed by atoms with van der Waals surface area (Å²) in [5.74, 6) is 0. The Morgan fingerprint density at radius 1 is 0.538 bits per heavy atom. The molecule has 0 bridgehead atoms. The third-order valence-electron chi connectivity index (χ3n) is 5.04. The lowest BCUT2D eigenvalue weighted by Crippen LogP contribution is -2.13. The Balaban J connectivity index is 4.41.